The summed E-state index contributed by atoms with van der Waals surface area (Å²) in [5.74, 6) is -0.853. The predicted molar refractivity (Wildman–Crippen MR) is 104 cm³/mol. The second-order valence-corrected chi connectivity index (χ2v) is 6.25. The van der Waals surface area contributed by atoms with Gasteiger partial charge < -0.3 is 23.5 Å². The number of esters is 2. The van der Waals surface area contributed by atoms with Gasteiger partial charge in [-0.05, 0) is 30.3 Å². The highest BCUT2D eigenvalue weighted by molar-refractivity contribution is 6.03. The van der Waals surface area contributed by atoms with Gasteiger partial charge in [0.1, 0.15) is 17.9 Å². The third kappa shape index (κ3) is 3.45. The molecule has 0 spiro atoms. The van der Waals surface area contributed by atoms with Gasteiger partial charge in [0.2, 0.25) is 5.89 Å². The van der Waals surface area contributed by atoms with Crippen LogP contribution in [0.5, 0.6) is 0 Å². The zero-order valence-electron chi connectivity index (χ0n) is 15.9. The number of para-hydroxylation sites is 2. The van der Waals surface area contributed by atoms with Gasteiger partial charge in [-0.2, -0.15) is 0 Å². The fraction of sp³-hybridized carbons (Fsp3) is 0.190. The quantitative estimate of drug-likeness (QED) is 0.624. The van der Waals surface area contributed by atoms with Crippen molar-refractivity contribution in [2.75, 3.05) is 32.5 Å². The fourth-order valence-electron chi connectivity index (χ4n) is 3.15. The van der Waals surface area contributed by atoms with Crippen molar-refractivity contribution >= 4 is 28.7 Å². The summed E-state index contributed by atoms with van der Waals surface area (Å²) in [6.45, 7) is 0.0281. The normalized spacial score (nSPS) is 14.2. The van der Waals surface area contributed by atoms with Crippen molar-refractivity contribution in [3.8, 4) is 11.5 Å². The number of carbonyl (C=O) groups is 2. The van der Waals surface area contributed by atoms with E-state index in [9.17, 15) is 9.59 Å². The second-order valence-electron chi connectivity index (χ2n) is 6.25. The van der Waals surface area contributed by atoms with E-state index in [4.69, 9.17) is 18.6 Å². The number of rotatable bonds is 4. The van der Waals surface area contributed by atoms with E-state index in [-0.39, 0.29) is 24.6 Å². The SMILES string of the molecule is COC(=O)C1=C(C(=O)OC)N(c2cccc(-c3nc4ccccc4o3)c2)COC1. The van der Waals surface area contributed by atoms with Gasteiger partial charge in [-0.15, -0.1) is 0 Å². The Bertz CT molecular complexity index is 1080. The highest BCUT2D eigenvalue weighted by atomic mass is 16.5. The van der Waals surface area contributed by atoms with Crippen LogP contribution < -0.4 is 4.90 Å². The molecule has 0 fully saturated rings. The van der Waals surface area contributed by atoms with E-state index in [1.165, 1.54) is 14.2 Å². The lowest BCUT2D eigenvalue weighted by atomic mass is 10.1. The number of nitrogens with zero attached hydrogens (tertiary/aromatic N) is 2. The molecule has 29 heavy (non-hydrogen) atoms. The summed E-state index contributed by atoms with van der Waals surface area (Å²) in [4.78, 5) is 30.6. The van der Waals surface area contributed by atoms with Gasteiger partial charge in [0.15, 0.2) is 5.58 Å². The minimum Gasteiger partial charge on any atom is -0.466 e. The van der Waals surface area contributed by atoms with Crippen molar-refractivity contribution in [3.05, 3.63) is 59.8 Å². The Kier molecular flexibility index (Phi) is 5.01. The molecule has 148 valence electrons. The maximum atomic E-state index is 12.4. The van der Waals surface area contributed by atoms with Crippen LogP contribution in [0.3, 0.4) is 0 Å². The van der Waals surface area contributed by atoms with Crippen LogP contribution in [0.15, 0.2) is 64.2 Å². The number of hydrogen-bond donors (Lipinski definition) is 0. The molecule has 0 atom stereocenters. The van der Waals surface area contributed by atoms with Gasteiger partial charge in [0.05, 0.1) is 26.4 Å². The molecule has 0 bridgehead atoms. The number of benzene rings is 2. The topological polar surface area (TPSA) is 91.1 Å². The van der Waals surface area contributed by atoms with Crippen molar-refractivity contribution in [2.24, 2.45) is 0 Å². The standard InChI is InChI=1S/C21H18N2O6/c1-26-20(24)15-11-28-12-23(18(15)21(25)27-2)14-7-5-6-13(10-14)19-22-16-8-3-4-9-17(16)29-19/h3-10H,11-12H2,1-2H3. The predicted octanol–water partition coefficient (Wildman–Crippen LogP) is 2.89. The highest BCUT2D eigenvalue weighted by Gasteiger charge is 2.32. The smallest absolute Gasteiger partial charge is 0.355 e. The molecular formula is C21H18N2O6. The largest absolute Gasteiger partial charge is 0.466 e. The second kappa shape index (κ2) is 7.76. The summed E-state index contributed by atoms with van der Waals surface area (Å²) >= 11 is 0. The van der Waals surface area contributed by atoms with E-state index in [2.05, 4.69) is 4.98 Å². The molecule has 0 N–H and O–H groups in total. The molecule has 0 radical (unpaired) electrons. The summed E-state index contributed by atoms with van der Waals surface area (Å²) in [5, 5.41) is 0. The average Bonchev–Trinajstić information content (AvgIpc) is 3.22. The van der Waals surface area contributed by atoms with Crippen LogP contribution in [0.25, 0.3) is 22.6 Å². The molecule has 0 saturated heterocycles. The molecule has 1 aliphatic heterocycles. The summed E-state index contributed by atoms with van der Waals surface area (Å²) in [6.07, 6.45) is 0. The first-order chi connectivity index (χ1) is 14.1. The van der Waals surface area contributed by atoms with E-state index in [1.54, 1.807) is 23.1 Å². The zero-order chi connectivity index (χ0) is 20.4. The molecule has 0 amide bonds. The average molecular weight is 394 g/mol. The van der Waals surface area contributed by atoms with Crippen LogP contribution in [0.2, 0.25) is 0 Å². The Morgan fingerprint density at radius 2 is 1.83 bits per heavy atom. The maximum Gasteiger partial charge on any atom is 0.355 e. The van der Waals surface area contributed by atoms with Crippen LogP contribution in [-0.2, 0) is 23.8 Å². The summed E-state index contributed by atoms with van der Waals surface area (Å²) in [7, 11) is 2.50. The number of oxazole rings is 1. The van der Waals surface area contributed by atoms with Crippen LogP contribution in [0, 0.1) is 0 Å². The molecule has 3 aromatic rings. The van der Waals surface area contributed by atoms with Gasteiger partial charge in [0, 0.05) is 11.3 Å². The first-order valence-electron chi connectivity index (χ1n) is 8.83. The number of aromatic nitrogens is 1. The number of anilines is 1. The van der Waals surface area contributed by atoms with Gasteiger partial charge in [-0.1, -0.05) is 18.2 Å². The van der Waals surface area contributed by atoms with Crippen molar-refractivity contribution in [3.63, 3.8) is 0 Å². The van der Waals surface area contributed by atoms with E-state index in [0.29, 0.717) is 22.7 Å². The van der Waals surface area contributed by atoms with Gasteiger partial charge >= 0.3 is 11.9 Å². The fourth-order valence-corrected chi connectivity index (χ4v) is 3.15. The van der Waals surface area contributed by atoms with Crippen LogP contribution in [-0.4, -0.2) is 44.5 Å². The summed E-state index contributed by atoms with van der Waals surface area (Å²) in [5.41, 5.74) is 2.94. The Morgan fingerprint density at radius 1 is 1.03 bits per heavy atom. The van der Waals surface area contributed by atoms with Crippen LogP contribution in [0.4, 0.5) is 5.69 Å². The van der Waals surface area contributed by atoms with E-state index in [0.717, 1.165) is 5.52 Å². The van der Waals surface area contributed by atoms with Gasteiger partial charge in [0.25, 0.3) is 0 Å². The Morgan fingerprint density at radius 3 is 2.59 bits per heavy atom. The van der Waals surface area contributed by atoms with Gasteiger partial charge in [-0.25, -0.2) is 14.6 Å². The van der Waals surface area contributed by atoms with Crippen molar-refractivity contribution in [2.45, 2.75) is 0 Å². The third-order valence-corrected chi connectivity index (χ3v) is 4.53. The molecule has 0 aliphatic carbocycles. The first kappa shape index (κ1) is 18.7. The van der Waals surface area contributed by atoms with Crippen molar-refractivity contribution in [1.82, 2.24) is 4.98 Å². The highest BCUT2D eigenvalue weighted by Crippen LogP contribution is 2.31. The third-order valence-electron chi connectivity index (χ3n) is 4.53. The van der Waals surface area contributed by atoms with Crippen LogP contribution in [0.1, 0.15) is 0 Å². The molecule has 0 unspecified atom stereocenters. The van der Waals surface area contributed by atoms with Crippen molar-refractivity contribution < 1.29 is 28.2 Å². The Hall–Kier alpha value is -3.65. The lowest BCUT2D eigenvalue weighted by Crippen LogP contribution is -2.38. The van der Waals surface area contributed by atoms with Crippen molar-refractivity contribution in [1.29, 1.82) is 0 Å². The maximum absolute atomic E-state index is 12.4. The number of ether oxygens (including phenoxy) is 3. The lowest BCUT2D eigenvalue weighted by molar-refractivity contribution is -0.140. The number of methoxy groups -OCH3 is 2. The Labute approximate surface area is 166 Å². The minimum atomic E-state index is -0.652. The van der Waals surface area contributed by atoms with Gasteiger partial charge in [-0.3, -0.25) is 0 Å². The minimum absolute atomic E-state index is 0.0432. The molecule has 8 nitrogen and oxygen atoms in total. The summed E-state index contributed by atoms with van der Waals surface area (Å²) < 4.78 is 21.0. The van der Waals surface area contributed by atoms with E-state index in [1.807, 2.05) is 30.3 Å². The summed E-state index contributed by atoms with van der Waals surface area (Å²) in [6, 6.07) is 14.7. The number of hydrogen-bond acceptors (Lipinski definition) is 8. The first-order valence-corrected chi connectivity index (χ1v) is 8.83. The molecule has 1 aliphatic rings. The van der Waals surface area contributed by atoms with E-state index >= 15 is 0 Å². The molecule has 1 aromatic heterocycles. The molecular weight excluding hydrogens is 376 g/mol. The van der Waals surface area contributed by atoms with Crippen LogP contribution >= 0.6 is 0 Å². The zero-order valence-corrected chi connectivity index (χ0v) is 15.9. The molecule has 0 saturated carbocycles. The van der Waals surface area contributed by atoms with E-state index < -0.39 is 11.9 Å². The number of fused-ring (bicyclic) bond motifs is 1. The molecule has 2 aromatic carbocycles. The molecule has 8 heteroatoms. The Balaban J connectivity index is 1.78. The lowest BCUT2D eigenvalue weighted by Gasteiger charge is -2.31. The molecule has 4 rings (SSSR count). The molecule has 2 heterocycles. The monoisotopic (exact) mass is 394 g/mol. The number of carbonyl (C=O) groups excluding carboxylic acids is 2.